The van der Waals surface area contributed by atoms with Crippen LogP contribution in [-0.4, -0.2) is 49.6 Å². The first-order chi connectivity index (χ1) is 11.7. The van der Waals surface area contributed by atoms with Gasteiger partial charge in [0.15, 0.2) is 0 Å². The third-order valence-electron chi connectivity index (χ3n) is 4.62. The Bertz CT molecular complexity index is 598. The molecule has 2 fully saturated rings. The molecule has 0 saturated carbocycles. The molecule has 2 atom stereocenters. The Hall–Kier alpha value is -2.08. The molecule has 130 valence electrons. The van der Waals surface area contributed by atoms with Gasteiger partial charge in [0.25, 0.3) is 0 Å². The SMILES string of the molecule is COc1cccc(CN2CC(C(=O)NCC3CCCO3)CC2=O)c1. The highest BCUT2D eigenvalue weighted by molar-refractivity contribution is 5.89. The highest BCUT2D eigenvalue weighted by Gasteiger charge is 2.34. The van der Waals surface area contributed by atoms with Gasteiger partial charge in [0.05, 0.1) is 19.1 Å². The van der Waals surface area contributed by atoms with Gasteiger partial charge in [-0.25, -0.2) is 0 Å². The lowest BCUT2D eigenvalue weighted by Gasteiger charge is -2.17. The summed E-state index contributed by atoms with van der Waals surface area (Å²) >= 11 is 0. The Balaban J connectivity index is 1.51. The predicted octanol–water partition coefficient (Wildman–Crippen LogP) is 1.34. The molecule has 2 unspecified atom stereocenters. The minimum Gasteiger partial charge on any atom is -0.497 e. The lowest BCUT2D eigenvalue weighted by atomic mass is 10.1. The maximum absolute atomic E-state index is 12.3. The van der Waals surface area contributed by atoms with E-state index in [9.17, 15) is 9.59 Å². The average Bonchev–Trinajstić information content (AvgIpc) is 3.23. The number of nitrogens with zero attached hydrogens (tertiary/aromatic N) is 1. The first-order valence-corrected chi connectivity index (χ1v) is 8.45. The lowest BCUT2D eigenvalue weighted by Crippen LogP contribution is -2.37. The average molecular weight is 332 g/mol. The number of hydrogen-bond donors (Lipinski definition) is 1. The molecule has 2 aliphatic heterocycles. The van der Waals surface area contributed by atoms with Crippen LogP contribution in [0.5, 0.6) is 5.75 Å². The summed E-state index contributed by atoms with van der Waals surface area (Å²) in [7, 11) is 1.62. The molecule has 6 nitrogen and oxygen atoms in total. The molecule has 2 saturated heterocycles. The van der Waals surface area contributed by atoms with Crippen molar-refractivity contribution < 1.29 is 19.1 Å². The highest BCUT2D eigenvalue weighted by Crippen LogP contribution is 2.22. The molecule has 0 spiro atoms. The molecule has 6 heteroatoms. The second-order valence-electron chi connectivity index (χ2n) is 6.41. The van der Waals surface area contributed by atoms with Crippen LogP contribution in [0.1, 0.15) is 24.8 Å². The molecule has 0 radical (unpaired) electrons. The van der Waals surface area contributed by atoms with Gasteiger partial charge in [-0.1, -0.05) is 12.1 Å². The van der Waals surface area contributed by atoms with Crippen molar-refractivity contribution in [2.75, 3.05) is 26.8 Å². The van der Waals surface area contributed by atoms with Crippen LogP contribution in [0, 0.1) is 5.92 Å². The van der Waals surface area contributed by atoms with E-state index in [0.29, 0.717) is 19.6 Å². The molecular weight excluding hydrogens is 308 g/mol. The van der Waals surface area contributed by atoms with Crippen molar-refractivity contribution in [1.29, 1.82) is 0 Å². The fraction of sp³-hybridized carbons (Fsp3) is 0.556. The monoisotopic (exact) mass is 332 g/mol. The van der Waals surface area contributed by atoms with Crippen molar-refractivity contribution in [3.63, 3.8) is 0 Å². The number of amides is 2. The van der Waals surface area contributed by atoms with Gasteiger partial charge in [-0.05, 0) is 30.5 Å². The number of methoxy groups -OCH3 is 1. The fourth-order valence-corrected chi connectivity index (χ4v) is 3.26. The van der Waals surface area contributed by atoms with Crippen LogP contribution >= 0.6 is 0 Å². The Morgan fingerprint density at radius 3 is 3.08 bits per heavy atom. The molecule has 2 aliphatic rings. The van der Waals surface area contributed by atoms with E-state index in [1.54, 1.807) is 12.0 Å². The molecular formula is C18H24N2O4. The summed E-state index contributed by atoms with van der Waals surface area (Å²) in [6, 6.07) is 7.65. The number of carbonyl (C=O) groups excluding carboxylic acids is 2. The Labute approximate surface area is 142 Å². The number of hydrogen-bond acceptors (Lipinski definition) is 4. The molecule has 24 heavy (non-hydrogen) atoms. The number of carbonyl (C=O) groups is 2. The molecule has 1 N–H and O–H groups in total. The topological polar surface area (TPSA) is 67.9 Å². The second kappa shape index (κ2) is 7.66. The van der Waals surface area contributed by atoms with E-state index < -0.39 is 0 Å². The summed E-state index contributed by atoms with van der Waals surface area (Å²) in [5, 5.41) is 2.93. The third-order valence-corrected chi connectivity index (χ3v) is 4.62. The zero-order chi connectivity index (χ0) is 16.9. The summed E-state index contributed by atoms with van der Waals surface area (Å²) in [5.41, 5.74) is 1.00. The van der Waals surface area contributed by atoms with Crippen LogP contribution in [-0.2, 0) is 20.9 Å². The summed E-state index contributed by atoms with van der Waals surface area (Å²) in [4.78, 5) is 26.2. The van der Waals surface area contributed by atoms with E-state index in [-0.39, 0.29) is 30.3 Å². The highest BCUT2D eigenvalue weighted by atomic mass is 16.5. The lowest BCUT2D eigenvalue weighted by molar-refractivity contribution is -0.129. The second-order valence-corrected chi connectivity index (χ2v) is 6.41. The Morgan fingerprint density at radius 2 is 2.33 bits per heavy atom. The standard InChI is InChI=1S/C18H24N2O4/c1-23-15-5-2-4-13(8-15)11-20-12-14(9-17(20)21)18(22)19-10-16-6-3-7-24-16/h2,4-5,8,14,16H,3,6-7,9-12H2,1H3,(H,19,22). The molecule has 1 aromatic carbocycles. The van der Waals surface area contributed by atoms with Gasteiger partial charge in [-0.2, -0.15) is 0 Å². The van der Waals surface area contributed by atoms with E-state index >= 15 is 0 Å². The summed E-state index contributed by atoms with van der Waals surface area (Å²) < 4.78 is 10.7. The maximum Gasteiger partial charge on any atom is 0.225 e. The summed E-state index contributed by atoms with van der Waals surface area (Å²) in [5.74, 6) is 0.469. The van der Waals surface area contributed by atoms with Gasteiger partial charge >= 0.3 is 0 Å². The molecule has 3 rings (SSSR count). The fourth-order valence-electron chi connectivity index (χ4n) is 3.26. The van der Waals surface area contributed by atoms with Crippen molar-refractivity contribution in [2.45, 2.75) is 31.9 Å². The number of benzene rings is 1. The van der Waals surface area contributed by atoms with Gasteiger partial charge in [0, 0.05) is 32.7 Å². The number of ether oxygens (including phenoxy) is 2. The smallest absolute Gasteiger partial charge is 0.225 e. The van der Waals surface area contributed by atoms with Crippen LogP contribution in [0.2, 0.25) is 0 Å². The molecule has 2 heterocycles. The van der Waals surface area contributed by atoms with E-state index in [0.717, 1.165) is 30.8 Å². The zero-order valence-corrected chi connectivity index (χ0v) is 14.0. The quantitative estimate of drug-likeness (QED) is 0.854. The third kappa shape index (κ3) is 4.06. The van der Waals surface area contributed by atoms with Gasteiger partial charge in [-0.3, -0.25) is 9.59 Å². The predicted molar refractivity (Wildman–Crippen MR) is 88.5 cm³/mol. The Kier molecular flexibility index (Phi) is 5.35. The van der Waals surface area contributed by atoms with Crippen molar-refractivity contribution in [3.05, 3.63) is 29.8 Å². The van der Waals surface area contributed by atoms with Gasteiger partial charge in [-0.15, -0.1) is 0 Å². The van der Waals surface area contributed by atoms with Gasteiger partial charge < -0.3 is 19.7 Å². The first-order valence-electron chi connectivity index (χ1n) is 8.45. The Morgan fingerprint density at radius 1 is 1.46 bits per heavy atom. The maximum atomic E-state index is 12.3. The van der Waals surface area contributed by atoms with Crippen LogP contribution in [0.4, 0.5) is 0 Å². The van der Waals surface area contributed by atoms with Crippen LogP contribution < -0.4 is 10.1 Å². The van der Waals surface area contributed by atoms with Crippen molar-refractivity contribution in [2.24, 2.45) is 5.92 Å². The molecule has 0 bridgehead atoms. The first kappa shape index (κ1) is 16.8. The zero-order valence-electron chi connectivity index (χ0n) is 14.0. The molecule has 2 amide bonds. The summed E-state index contributed by atoms with van der Waals surface area (Å²) in [6.07, 6.45) is 2.45. The van der Waals surface area contributed by atoms with E-state index in [4.69, 9.17) is 9.47 Å². The van der Waals surface area contributed by atoms with E-state index in [1.165, 1.54) is 0 Å². The largest absolute Gasteiger partial charge is 0.497 e. The molecule has 0 aliphatic carbocycles. The molecule has 1 aromatic rings. The minimum atomic E-state index is -0.274. The van der Waals surface area contributed by atoms with Crippen LogP contribution in [0.15, 0.2) is 24.3 Å². The minimum absolute atomic E-state index is 0.0232. The van der Waals surface area contributed by atoms with Crippen LogP contribution in [0.3, 0.4) is 0 Å². The van der Waals surface area contributed by atoms with E-state index in [1.807, 2.05) is 24.3 Å². The number of rotatable bonds is 6. The van der Waals surface area contributed by atoms with Crippen molar-refractivity contribution in [3.8, 4) is 5.75 Å². The summed E-state index contributed by atoms with van der Waals surface area (Å²) in [6.45, 7) is 2.29. The van der Waals surface area contributed by atoms with Crippen molar-refractivity contribution >= 4 is 11.8 Å². The van der Waals surface area contributed by atoms with E-state index in [2.05, 4.69) is 5.32 Å². The molecule has 0 aromatic heterocycles. The number of nitrogens with one attached hydrogen (secondary N) is 1. The van der Waals surface area contributed by atoms with Crippen molar-refractivity contribution in [1.82, 2.24) is 10.2 Å². The van der Waals surface area contributed by atoms with Gasteiger partial charge in [0.1, 0.15) is 5.75 Å². The van der Waals surface area contributed by atoms with Crippen LogP contribution in [0.25, 0.3) is 0 Å². The normalized spacial score (nSPS) is 23.5. The van der Waals surface area contributed by atoms with Gasteiger partial charge in [0.2, 0.25) is 11.8 Å². The number of likely N-dealkylation sites (tertiary alicyclic amines) is 1.